The van der Waals surface area contributed by atoms with Crippen LogP contribution < -0.4 is 0 Å². The van der Waals surface area contributed by atoms with E-state index in [0.717, 1.165) is 12.1 Å². The number of rotatable bonds is 1. The van der Waals surface area contributed by atoms with Crippen molar-refractivity contribution in [1.82, 2.24) is 4.98 Å². The lowest BCUT2D eigenvalue weighted by atomic mass is 9.91. The minimum absolute atomic E-state index is 0.0928. The largest absolute Gasteiger partial charge is 0.292 e. The Bertz CT molecular complexity index is 365. The second kappa shape index (κ2) is 2.64. The Morgan fingerprint density at radius 3 is 2.77 bits per heavy atom. The van der Waals surface area contributed by atoms with E-state index in [9.17, 15) is 4.79 Å². The summed E-state index contributed by atoms with van der Waals surface area (Å²) in [7, 11) is 0. The van der Waals surface area contributed by atoms with Gasteiger partial charge in [0.15, 0.2) is 10.8 Å². The Morgan fingerprint density at radius 1 is 1.54 bits per heavy atom. The summed E-state index contributed by atoms with van der Waals surface area (Å²) in [4.78, 5) is 16.8. The van der Waals surface area contributed by atoms with E-state index >= 15 is 0 Å². The van der Waals surface area contributed by atoms with Crippen LogP contribution in [0, 0.1) is 0 Å². The normalized spacial score (nSPS) is 18.7. The number of fused-ring (bicyclic) bond motifs is 1. The lowest BCUT2D eigenvalue weighted by molar-refractivity contribution is 0.101. The second-order valence-electron chi connectivity index (χ2n) is 4.23. The van der Waals surface area contributed by atoms with E-state index in [1.807, 2.05) is 0 Å². The Morgan fingerprint density at radius 2 is 2.23 bits per heavy atom. The molecule has 13 heavy (non-hydrogen) atoms. The van der Waals surface area contributed by atoms with Crippen LogP contribution in [-0.4, -0.2) is 10.8 Å². The molecule has 0 radical (unpaired) electrons. The Kier molecular flexibility index (Phi) is 1.80. The monoisotopic (exact) mass is 195 g/mol. The number of carbonyl (C=O) groups is 1. The van der Waals surface area contributed by atoms with Gasteiger partial charge in [-0.2, -0.15) is 0 Å². The zero-order valence-electron chi connectivity index (χ0n) is 8.18. The number of Topliss-reactive ketones (excluding diaryl/α,β-unsaturated/α-hetero) is 1. The van der Waals surface area contributed by atoms with Gasteiger partial charge in [-0.05, 0) is 12.8 Å². The molecule has 0 atom stereocenters. The van der Waals surface area contributed by atoms with Gasteiger partial charge >= 0.3 is 0 Å². The number of hydrogen-bond acceptors (Lipinski definition) is 3. The molecule has 0 fully saturated rings. The predicted octanol–water partition coefficient (Wildman–Crippen LogP) is 2.57. The Labute approximate surface area is 82.0 Å². The molecule has 0 N–H and O–H groups in total. The number of aryl methyl sites for hydroxylation is 1. The molecule has 0 saturated heterocycles. The van der Waals surface area contributed by atoms with Crippen molar-refractivity contribution >= 4 is 17.1 Å². The van der Waals surface area contributed by atoms with Gasteiger partial charge in [0.25, 0.3) is 0 Å². The summed E-state index contributed by atoms with van der Waals surface area (Å²) in [5, 5.41) is 0.678. The first kappa shape index (κ1) is 8.88. The first-order valence-electron chi connectivity index (χ1n) is 4.52. The molecule has 2 rings (SSSR count). The first-order chi connectivity index (χ1) is 6.00. The summed E-state index contributed by atoms with van der Waals surface area (Å²) in [6.07, 6.45) is 2.26. The molecule has 0 saturated carbocycles. The van der Waals surface area contributed by atoms with Crippen LogP contribution in [-0.2, 0) is 11.8 Å². The molecule has 0 spiro atoms. The first-order valence-corrected chi connectivity index (χ1v) is 5.33. The Hall–Kier alpha value is -0.700. The van der Waals surface area contributed by atoms with Crippen molar-refractivity contribution in [2.75, 3.05) is 0 Å². The summed E-state index contributed by atoms with van der Waals surface area (Å²) < 4.78 is 0. The zero-order valence-corrected chi connectivity index (χ0v) is 8.99. The summed E-state index contributed by atoms with van der Waals surface area (Å²) in [5.74, 6) is 0.0928. The predicted molar refractivity (Wildman–Crippen MR) is 53.5 cm³/mol. The van der Waals surface area contributed by atoms with Crippen molar-refractivity contribution in [1.29, 1.82) is 0 Å². The summed E-state index contributed by atoms with van der Waals surface area (Å²) >= 11 is 1.57. The van der Waals surface area contributed by atoms with Crippen LogP contribution in [0.4, 0.5) is 0 Å². The van der Waals surface area contributed by atoms with Crippen molar-refractivity contribution in [2.24, 2.45) is 0 Å². The van der Waals surface area contributed by atoms with E-state index in [0.29, 0.717) is 5.01 Å². The summed E-state index contributed by atoms with van der Waals surface area (Å²) in [5.41, 5.74) is 1.34. The van der Waals surface area contributed by atoms with E-state index in [-0.39, 0.29) is 11.2 Å². The van der Waals surface area contributed by atoms with Gasteiger partial charge in [0.05, 0.1) is 5.69 Å². The van der Waals surface area contributed by atoms with E-state index in [1.165, 1.54) is 11.3 Å². The van der Waals surface area contributed by atoms with Crippen LogP contribution in [0.3, 0.4) is 0 Å². The van der Waals surface area contributed by atoms with Gasteiger partial charge in [0.1, 0.15) is 0 Å². The maximum absolute atomic E-state index is 11.1. The minimum Gasteiger partial charge on any atom is -0.292 e. The van der Waals surface area contributed by atoms with Crippen molar-refractivity contribution in [3.05, 3.63) is 15.6 Å². The van der Waals surface area contributed by atoms with Crippen LogP contribution in [0.15, 0.2) is 0 Å². The van der Waals surface area contributed by atoms with Gasteiger partial charge < -0.3 is 0 Å². The average Bonchev–Trinajstić information content (AvgIpc) is 2.53. The quantitative estimate of drug-likeness (QED) is 0.645. The fourth-order valence-corrected chi connectivity index (χ4v) is 2.88. The molecule has 1 aromatic rings. The van der Waals surface area contributed by atoms with Crippen LogP contribution in [0.2, 0.25) is 0 Å². The van der Waals surface area contributed by atoms with Gasteiger partial charge in [0, 0.05) is 17.2 Å². The van der Waals surface area contributed by atoms with Crippen LogP contribution >= 0.6 is 11.3 Å². The molecule has 0 bridgehead atoms. The SMILES string of the molecule is CC(=O)c1nc2c(s1)CCC2(C)C. The number of ketones is 1. The third kappa shape index (κ3) is 1.31. The maximum atomic E-state index is 11.1. The summed E-state index contributed by atoms with van der Waals surface area (Å²) in [6, 6.07) is 0. The zero-order chi connectivity index (χ0) is 9.64. The van der Waals surface area contributed by atoms with E-state index in [2.05, 4.69) is 18.8 Å². The molecule has 70 valence electrons. The van der Waals surface area contributed by atoms with Crippen LogP contribution in [0.25, 0.3) is 0 Å². The van der Waals surface area contributed by atoms with Gasteiger partial charge in [-0.3, -0.25) is 4.79 Å². The van der Waals surface area contributed by atoms with Crippen molar-refractivity contribution in [2.45, 2.75) is 39.0 Å². The molecule has 1 heterocycles. The van der Waals surface area contributed by atoms with Crippen molar-refractivity contribution in [3.8, 4) is 0 Å². The standard InChI is InChI=1S/C10H13NOS/c1-6(12)9-11-8-7(13-9)4-5-10(8,2)3/h4-5H2,1-3H3. The van der Waals surface area contributed by atoms with Gasteiger partial charge in [0.2, 0.25) is 0 Å². The fraction of sp³-hybridized carbons (Fsp3) is 0.600. The van der Waals surface area contributed by atoms with Gasteiger partial charge in [-0.15, -0.1) is 11.3 Å². The molecule has 0 aliphatic heterocycles. The second-order valence-corrected chi connectivity index (χ2v) is 5.31. The minimum atomic E-state index is 0.0928. The van der Waals surface area contributed by atoms with Gasteiger partial charge in [-0.25, -0.2) is 4.98 Å². The molecule has 0 amide bonds. The molecule has 1 aliphatic rings. The number of thiazole rings is 1. The molecular weight excluding hydrogens is 182 g/mol. The third-order valence-electron chi connectivity index (χ3n) is 2.62. The molecule has 0 unspecified atom stereocenters. The smallest absolute Gasteiger partial charge is 0.188 e. The molecule has 1 aromatic heterocycles. The van der Waals surface area contributed by atoms with Crippen molar-refractivity contribution < 1.29 is 4.79 Å². The molecule has 0 aromatic carbocycles. The van der Waals surface area contributed by atoms with Crippen LogP contribution in [0.5, 0.6) is 0 Å². The average molecular weight is 195 g/mol. The highest BCUT2D eigenvalue weighted by Crippen LogP contribution is 2.40. The van der Waals surface area contributed by atoms with E-state index < -0.39 is 0 Å². The topological polar surface area (TPSA) is 30.0 Å². The maximum Gasteiger partial charge on any atom is 0.188 e. The molecular formula is C10H13NOS. The molecule has 1 aliphatic carbocycles. The molecule has 3 heteroatoms. The number of carbonyl (C=O) groups excluding carboxylic acids is 1. The number of aromatic nitrogens is 1. The third-order valence-corrected chi connectivity index (χ3v) is 3.83. The summed E-state index contributed by atoms with van der Waals surface area (Å²) in [6.45, 7) is 5.98. The number of hydrogen-bond donors (Lipinski definition) is 0. The lowest BCUT2D eigenvalue weighted by Gasteiger charge is -2.15. The van der Waals surface area contributed by atoms with E-state index in [4.69, 9.17) is 0 Å². The van der Waals surface area contributed by atoms with E-state index in [1.54, 1.807) is 18.3 Å². The Balaban J connectivity index is 2.48. The number of nitrogens with zero attached hydrogens (tertiary/aromatic N) is 1. The van der Waals surface area contributed by atoms with Crippen molar-refractivity contribution in [3.63, 3.8) is 0 Å². The highest BCUT2D eigenvalue weighted by atomic mass is 32.1. The van der Waals surface area contributed by atoms with Crippen LogP contribution in [0.1, 0.15) is 47.6 Å². The highest BCUT2D eigenvalue weighted by molar-refractivity contribution is 7.13. The van der Waals surface area contributed by atoms with Gasteiger partial charge in [-0.1, -0.05) is 13.8 Å². The fourth-order valence-electron chi connectivity index (χ4n) is 1.74. The highest BCUT2D eigenvalue weighted by Gasteiger charge is 2.34. The molecule has 2 nitrogen and oxygen atoms in total. The lowest BCUT2D eigenvalue weighted by Crippen LogP contribution is -2.13.